The van der Waals surface area contributed by atoms with Crippen molar-refractivity contribution in [2.24, 2.45) is 0 Å². The number of nitrogens with zero attached hydrogens (tertiary/aromatic N) is 1. The molecule has 0 aromatic rings. The summed E-state index contributed by atoms with van der Waals surface area (Å²) >= 11 is 0. The van der Waals surface area contributed by atoms with Crippen LogP contribution in [0.5, 0.6) is 0 Å². The Balaban J connectivity index is 1.87. The number of likely N-dealkylation sites (tertiary alicyclic amines) is 1. The van der Waals surface area contributed by atoms with Crippen molar-refractivity contribution < 1.29 is 24.2 Å². The Morgan fingerprint density at radius 3 is 2.43 bits per heavy atom. The first-order chi connectivity index (χ1) is 9.93. The van der Waals surface area contributed by atoms with Gasteiger partial charge in [-0.2, -0.15) is 0 Å². The molecule has 8 nitrogen and oxygen atoms in total. The van der Waals surface area contributed by atoms with E-state index in [2.05, 4.69) is 10.6 Å². The van der Waals surface area contributed by atoms with Crippen molar-refractivity contribution in [1.29, 1.82) is 0 Å². The number of aliphatic carboxylic acids is 1. The van der Waals surface area contributed by atoms with Gasteiger partial charge in [-0.15, -0.1) is 0 Å². The standard InChI is InChI=1S/C13H21N3O5/c1-9(17)14-10-2-5-16(6-3-10)12(20)15-13(11(18)19)4-7-21-8-13/h10H,2-8H2,1H3,(H,14,17)(H,15,20)(H,18,19). The highest BCUT2D eigenvalue weighted by molar-refractivity contribution is 5.86. The second kappa shape index (κ2) is 6.30. The van der Waals surface area contributed by atoms with E-state index in [4.69, 9.17) is 4.74 Å². The number of urea groups is 1. The molecule has 2 heterocycles. The molecule has 0 radical (unpaired) electrons. The number of carbonyl (C=O) groups is 3. The van der Waals surface area contributed by atoms with Gasteiger partial charge < -0.3 is 25.4 Å². The Kier molecular flexibility index (Phi) is 4.66. The molecular formula is C13H21N3O5. The molecule has 118 valence electrons. The zero-order chi connectivity index (χ0) is 15.5. The first-order valence-electron chi connectivity index (χ1n) is 7.08. The number of ether oxygens (including phenoxy) is 1. The van der Waals surface area contributed by atoms with Crippen LogP contribution in [0.1, 0.15) is 26.2 Å². The molecule has 2 aliphatic rings. The van der Waals surface area contributed by atoms with E-state index in [-0.39, 0.29) is 31.0 Å². The van der Waals surface area contributed by atoms with Crippen molar-refractivity contribution >= 4 is 17.9 Å². The Bertz CT molecular complexity index is 426. The molecule has 2 saturated heterocycles. The van der Waals surface area contributed by atoms with Crippen LogP contribution < -0.4 is 10.6 Å². The Morgan fingerprint density at radius 2 is 1.95 bits per heavy atom. The minimum atomic E-state index is -1.31. The third-order valence-electron chi connectivity index (χ3n) is 3.97. The van der Waals surface area contributed by atoms with E-state index < -0.39 is 11.5 Å². The number of hydrogen-bond donors (Lipinski definition) is 3. The molecule has 0 aromatic carbocycles. The molecule has 1 atom stereocenters. The van der Waals surface area contributed by atoms with E-state index in [9.17, 15) is 19.5 Å². The highest BCUT2D eigenvalue weighted by Gasteiger charge is 2.44. The van der Waals surface area contributed by atoms with Crippen molar-refractivity contribution in [1.82, 2.24) is 15.5 Å². The van der Waals surface area contributed by atoms with Crippen molar-refractivity contribution in [2.45, 2.75) is 37.8 Å². The van der Waals surface area contributed by atoms with Crippen LogP contribution in [0.25, 0.3) is 0 Å². The highest BCUT2D eigenvalue weighted by atomic mass is 16.5. The monoisotopic (exact) mass is 299 g/mol. The third-order valence-corrected chi connectivity index (χ3v) is 3.97. The second-order valence-corrected chi connectivity index (χ2v) is 5.58. The lowest BCUT2D eigenvalue weighted by Crippen LogP contribution is -2.59. The van der Waals surface area contributed by atoms with Gasteiger partial charge in [0.15, 0.2) is 5.54 Å². The van der Waals surface area contributed by atoms with Crippen molar-refractivity contribution in [3.63, 3.8) is 0 Å². The molecule has 2 fully saturated rings. The smallest absolute Gasteiger partial charge is 0.332 e. The largest absolute Gasteiger partial charge is 0.479 e. The number of hydrogen-bond acceptors (Lipinski definition) is 4. The Labute approximate surface area is 122 Å². The maximum atomic E-state index is 12.2. The van der Waals surface area contributed by atoms with Crippen LogP contribution in [-0.4, -0.2) is 65.8 Å². The van der Waals surface area contributed by atoms with Crippen LogP contribution >= 0.6 is 0 Å². The van der Waals surface area contributed by atoms with Crippen LogP contribution in [0, 0.1) is 0 Å². The lowest BCUT2D eigenvalue weighted by atomic mass is 9.99. The average Bonchev–Trinajstić information content (AvgIpc) is 2.88. The molecule has 2 aliphatic heterocycles. The molecule has 0 spiro atoms. The van der Waals surface area contributed by atoms with Gasteiger partial charge in [-0.05, 0) is 12.8 Å². The molecule has 21 heavy (non-hydrogen) atoms. The van der Waals surface area contributed by atoms with Gasteiger partial charge in [-0.3, -0.25) is 4.79 Å². The first-order valence-corrected chi connectivity index (χ1v) is 7.08. The molecule has 0 aliphatic carbocycles. The summed E-state index contributed by atoms with van der Waals surface area (Å²) in [6.45, 7) is 2.78. The van der Waals surface area contributed by atoms with E-state index in [1.54, 1.807) is 4.90 Å². The van der Waals surface area contributed by atoms with E-state index in [1.165, 1.54) is 6.92 Å². The number of nitrogens with one attached hydrogen (secondary N) is 2. The molecule has 1 unspecified atom stereocenters. The molecule has 0 bridgehead atoms. The van der Waals surface area contributed by atoms with E-state index >= 15 is 0 Å². The van der Waals surface area contributed by atoms with E-state index in [1.807, 2.05) is 0 Å². The summed E-state index contributed by atoms with van der Waals surface area (Å²) in [7, 11) is 0. The van der Waals surface area contributed by atoms with Gasteiger partial charge in [0.05, 0.1) is 6.61 Å². The van der Waals surface area contributed by atoms with Crippen LogP contribution in [0.2, 0.25) is 0 Å². The predicted octanol–water partition coefficient (Wildman–Crippen LogP) is -0.460. The maximum absolute atomic E-state index is 12.2. The SMILES string of the molecule is CC(=O)NC1CCN(C(=O)NC2(C(=O)O)CCOC2)CC1. The summed E-state index contributed by atoms with van der Waals surface area (Å²) in [6.07, 6.45) is 1.61. The van der Waals surface area contributed by atoms with Gasteiger partial charge in [0.1, 0.15) is 0 Å². The Morgan fingerprint density at radius 1 is 1.29 bits per heavy atom. The fourth-order valence-corrected chi connectivity index (χ4v) is 2.68. The lowest BCUT2D eigenvalue weighted by Gasteiger charge is -2.34. The summed E-state index contributed by atoms with van der Waals surface area (Å²) in [5.74, 6) is -1.15. The summed E-state index contributed by atoms with van der Waals surface area (Å²) in [5, 5.41) is 14.7. The van der Waals surface area contributed by atoms with Crippen molar-refractivity contribution in [3.05, 3.63) is 0 Å². The van der Waals surface area contributed by atoms with E-state index in [0.717, 1.165) is 0 Å². The van der Waals surface area contributed by atoms with E-state index in [0.29, 0.717) is 32.5 Å². The molecule has 0 aromatic heterocycles. The lowest BCUT2D eigenvalue weighted by molar-refractivity contribution is -0.144. The van der Waals surface area contributed by atoms with Gasteiger partial charge in [-0.1, -0.05) is 0 Å². The van der Waals surface area contributed by atoms with Gasteiger partial charge in [-0.25, -0.2) is 9.59 Å². The van der Waals surface area contributed by atoms with Crippen LogP contribution in [0.3, 0.4) is 0 Å². The number of piperidine rings is 1. The molecular weight excluding hydrogens is 278 g/mol. The van der Waals surface area contributed by atoms with Crippen molar-refractivity contribution in [2.75, 3.05) is 26.3 Å². The first kappa shape index (κ1) is 15.6. The van der Waals surface area contributed by atoms with Crippen molar-refractivity contribution in [3.8, 4) is 0 Å². The number of rotatable bonds is 3. The Hall–Kier alpha value is -1.83. The number of carboxylic acids is 1. The number of carbonyl (C=O) groups excluding carboxylic acids is 2. The summed E-state index contributed by atoms with van der Waals surface area (Å²) in [5.41, 5.74) is -1.31. The van der Waals surface area contributed by atoms with Crippen LogP contribution in [0.15, 0.2) is 0 Å². The highest BCUT2D eigenvalue weighted by Crippen LogP contribution is 2.20. The average molecular weight is 299 g/mol. The van der Waals surface area contributed by atoms with Gasteiger partial charge in [0.2, 0.25) is 5.91 Å². The molecule has 8 heteroatoms. The predicted molar refractivity (Wildman–Crippen MR) is 72.7 cm³/mol. The van der Waals surface area contributed by atoms with Gasteiger partial charge in [0, 0.05) is 39.1 Å². The number of amides is 3. The van der Waals surface area contributed by atoms with Gasteiger partial charge >= 0.3 is 12.0 Å². The zero-order valence-electron chi connectivity index (χ0n) is 12.1. The molecule has 3 N–H and O–H groups in total. The van der Waals surface area contributed by atoms with Crippen LogP contribution in [0.4, 0.5) is 4.79 Å². The minimum Gasteiger partial charge on any atom is -0.479 e. The van der Waals surface area contributed by atoms with Crippen LogP contribution in [-0.2, 0) is 14.3 Å². The fraction of sp³-hybridized carbons (Fsp3) is 0.769. The molecule has 3 amide bonds. The van der Waals surface area contributed by atoms with Gasteiger partial charge in [0.25, 0.3) is 0 Å². The maximum Gasteiger partial charge on any atom is 0.332 e. The summed E-state index contributed by atoms with van der Waals surface area (Å²) in [6, 6.07) is -0.307. The fourth-order valence-electron chi connectivity index (χ4n) is 2.68. The summed E-state index contributed by atoms with van der Waals surface area (Å²) < 4.78 is 5.11. The molecule has 0 saturated carbocycles. The third kappa shape index (κ3) is 3.63. The second-order valence-electron chi connectivity index (χ2n) is 5.58. The quantitative estimate of drug-likeness (QED) is 0.653. The minimum absolute atomic E-state index is 0.00354. The normalized spacial score (nSPS) is 26.4. The topological polar surface area (TPSA) is 108 Å². The molecule has 2 rings (SSSR count). The zero-order valence-corrected chi connectivity index (χ0v) is 12.1. The summed E-state index contributed by atoms with van der Waals surface area (Å²) in [4.78, 5) is 36.1. The number of carboxylic acid groups (broad SMARTS) is 1.